The molecule has 0 aliphatic heterocycles. The van der Waals surface area contributed by atoms with Crippen molar-refractivity contribution >= 4 is 22.5 Å². The molecule has 1 aliphatic carbocycles. The Kier molecular flexibility index (Phi) is 2.46. The van der Waals surface area contributed by atoms with E-state index in [4.69, 9.17) is 17.3 Å². The van der Waals surface area contributed by atoms with Crippen LogP contribution in [0, 0.1) is 0 Å². The Morgan fingerprint density at radius 3 is 2.71 bits per heavy atom. The van der Waals surface area contributed by atoms with Gasteiger partial charge in [-0.25, -0.2) is 0 Å². The van der Waals surface area contributed by atoms with Crippen molar-refractivity contribution in [3.8, 4) is 0 Å². The molecule has 2 aromatic rings. The van der Waals surface area contributed by atoms with Crippen LogP contribution in [0.3, 0.4) is 0 Å². The average Bonchev–Trinajstić information content (AvgIpc) is 2.86. The largest absolute Gasteiger partial charge is 0.349 e. The molecule has 3 heteroatoms. The Labute approximate surface area is 106 Å². The molecule has 90 valence electrons. The van der Waals surface area contributed by atoms with E-state index in [-0.39, 0.29) is 5.54 Å². The summed E-state index contributed by atoms with van der Waals surface area (Å²) in [6, 6.07) is 6.45. The van der Waals surface area contributed by atoms with Gasteiger partial charge in [0.25, 0.3) is 0 Å². The molecule has 1 saturated carbocycles. The topological polar surface area (TPSA) is 30.9 Å². The molecule has 1 aliphatic rings. The van der Waals surface area contributed by atoms with Gasteiger partial charge in [-0.15, -0.1) is 0 Å². The maximum Gasteiger partial charge on any atom is 0.0661 e. The van der Waals surface area contributed by atoms with Gasteiger partial charge in [-0.3, -0.25) is 0 Å². The van der Waals surface area contributed by atoms with Crippen molar-refractivity contribution in [2.75, 3.05) is 0 Å². The number of hydrogen-bond donors (Lipinski definition) is 1. The zero-order valence-corrected chi connectivity index (χ0v) is 10.8. The number of nitrogens with two attached hydrogens (primary N) is 1. The van der Waals surface area contributed by atoms with E-state index in [9.17, 15) is 0 Å². The predicted molar refractivity (Wildman–Crippen MR) is 72.3 cm³/mol. The molecule has 0 atom stereocenters. The van der Waals surface area contributed by atoms with Gasteiger partial charge >= 0.3 is 0 Å². The molecular weight excluding hydrogens is 232 g/mol. The summed E-state index contributed by atoms with van der Waals surface area (Å²) in [5.74, 6) is 0. The zero-order valence-electron chi connectivity index (χ0n) is 10.0. The quantitative estimate of drug-likeness (QED) is 0.822. The van der Waals surface area contributed by atoms with E-state index in [0.29, 0.717) is 0 Å². The number of halogens is 1. The van der Waals surface area contributed by atoms with Gasteiger partial charge in [0.1, 0.15) is 0 Å². The molecule has 0 spiro atoms. The third-order valence-corrected chi connectivity index (χ3v) is 4.31. The predicted octanol–water partition coefficient (Wildman–Crippen LogP) is 3.56. The maximum absolute atomic E-state index is 6.48. The second-order valence-corrected chi connectivity index (χ2v) is 5.59. The Balaban J connectivity index is 2.16. The summed E-state index contributed by atoms with van der Waals surface area (Å²) in [6.07, 6.45) is 6.59. The lowest BCUT2D eigenvalue weighted by atomic mass is 9.89. The molecular formula is C14H17ClN2. The van der Waals surface area contributed by atoms with Crippen LogP contribution in [0.1, 0.15) is 31.2 Å². The summed E-state index contributed by atoms with van der Waals surface area (Å²) in [5.41, 5.74) is 8.75. The van der Waals surface area contributed by atoms with E-state index < -0.39 is 0 Å². The molecule has 1 aromatic heterocycles. The molecule has 0 amide bonds. The van der Waals surface area contributed by atoms with Crippen molar-refractivity contribution < 1.29 is 0 Å². The molecule has 3 rings (SSSR count). The number of aryl methyl sites for hydroxylation is 1. The van der Waals surface area contributed by atoms with Crippen molar-refractivity contribution in [2.45, 2.75) is 31.2 Å². The van der Waals surface area contributed by atoms with Gasteiger partial charge in [-0.1, -0.05) is 30.5 Å². The van der Waals surface area contributed by atoms with Gasteiger partial charge in [-0.2, -0.15) is 0 Å². The van der Waals surface area contributed by atoms with Crippen LogP contribution in [-0.4, -0.2) is 4.57 Å². The molecule has 2 N–H and O–H groups in total. The fraction of sp³-hybridized carbons (Fsp3) is 0.429. The fourth-order valence-electron chi connectivity index (χ4n) is 2.95. The number of rotatable bonds is 1. The molecule has 0 radical (unpaired) electrons. The van der Waals surface area contributed by atoms with Crippen LogP contribution in [0.4, 0.5) is 0 Å². The van der Waals surface area contributed by atoms with Crippen LogP contribution in [0.2, 0.25) is 5.02 Å². The molecule has 1 aromatic carbocycles. The first-order chi connectivity index (χ1) is 8.10. The molecule has 1 fully saturated rings. The number of hydrogen-bond acceptors (Lipinski definition) is 1. The Hall–Kier alpha value is -0.990. The van der Waals surface area contributed by atoms with Gasteiger partial charge in [0.2, 0.25) is 0 Å². The normalized spacial score (nSPS) is 19.0. The molecule has 0 unspecified atom stereocenters. The van der Waals surface area contributed by atoms with E-state index in [2.05, 4.69) is 22.8 Å². The third-order valence-electron chi connectivity index (χ3n) is 4.01. The van der Waals surface area contributed by atoms with Gasteiger partial charge in [0.05, 0.1) is 5.02 Å². The number of nitrogens with zero attached hydrogens (tertiary/aromatic N) is 1. The summed E-state index contributed by atoms with van der Waals surface area (Å²) < 4.78 is 2.05. The van der Waals surface area contributed by atoms with E-state index >= 15 is 0 Å². The number of benzene rings is 1. The first kappa shape index (κ1) is 11.1. The van der Waals surface area contributed by atoms with Gasteiger partial charge in [0, 0.05) is 29.7 Å². The van der Waals surface area contributed by atoms with Crippen LogP contribution in [0.5, 0.6) is 0 Å². The van der Waals surface area contributed by atoms with E-state index in [1.807, 2.05) is 13.2 Å². The van der Waals surface area contributed by atoms with Crippen LogP contribution in [0.25, 0.3) is 10.9 Å². The van der Waals surface area contributed by atoms with Gasteiger partial charge in [-0.05, 0) is 30.5 Å². The lowest BCUT2D eigenvalue weighted by Gasteiger charge is -2.24. The monoisotopic (exact) mass is 248 g/mol. The Morgan fingerprint density at radius 1 is 1.29 bits per heavy atom. The minimum absolute atomic E-state index is 0.132. The van der Waals surface area contributed by atoms with Crippen molar-refractivity contribution in [1.82, 2.24) is 4.57 Å². The minimum Gasteiger partial charge on any atom is -0.349 e. The van der Waals surface area contributed by atoms with Crippen LogP contribution < -0.4 is 5.73 Å². The highest BCUT2D eigenvalue weighted by molar-refractivity contribution is 6.35. The second kappa shape index (κ2) is 3.76. The SMILES string of the molecule is Cn1cc(Cl)c2cc(C3(N)CCCC3)ccc21. The van der Waals surface area contributed by atoms with E-state index in [1.54, 1.807) is 0 Å². The van der Waals surface area contributed by atoms with Crippen LogP contribution in [0.15, 0.2) is 24.4 Å². The molecule has 1 heterocycles. The van der Waals surface area contributed by atoms with Gasteiger partial charge < -0.3 is 10.3 Å². The van der Waals surface area contributed by atoms with Crippen molar-refractivity contribution in [1.29, 1.82) is 0 Å². The van der Waals surface area contributed by atoms with Crippen LogP contribution >= 0.6 is 11.6 Å². The number of aromatic nitrogens is 1. The Bertz CT molecular complexity index is 565. The lowest BCUT2D eigenvalue weighted by Crippen LogP contribution is -2.32. The van der Waals surface area contributed by atoms with Crippen molar-refractivity contribution in [3.05, 3.63) is 35.0 Å². The summed E-state index contributed by atoms with van der Waals surface area (Å²) in [6.45, 7) is 0. The zero-order chi connectivity index (χ0) is 12.0. The fourth-order valence-corrected chi connectivity index (χ4v) is 3.25. The third kappa shape index (κ3) is 1.67. The molecule has 2 nitrogen and oxygen atoms in total. The maximum atomic E-state index is 6.48. The summed E-state index contributed by atoms with van der Waals surface area (Å²) in [4.78, 5) is 0. The highest BCUT2D eigenvalue weighted by Crippen LogP contribution is 2.38. The first-order valence-electron chi connectivity index (χ1n) is 6.14. The van der Waals surface area contributed by atoms with Crippen LogP contribution in [-0.2, 0) is 12.6 Å². The average molecular weight is 249 g/mol. The summed E-state index contributed by atoms with van der Waals surface area (Å²) in [5, 5.41) is 1.93. The van der Waals surface area contributed by atoms with Crippen molar-refractivity contribution in [3.63, 3.8) is 0 Å². The molecule has 17 heavy (non-hydrogen) atoms. The molecule has 0 saturated heterocycles. The van der Waals surface area contributed by atoms with Crippen molar-refractivity contribution in [2.24, 2.45) is 12.8 Å². The number of fused-ring (bicyclic) bond motifs is 1. The van der Waals surface area contributed by atoms with Gasteiger partial charge in [0.15, 0.2) is 0 Å². The molecule has 0 bridgehead atoms. The second-order valence-electron chi connectivity index (χ2n) is 5.18. The van der Waals surface area contributed by atoms with E-state index in [1.165, 1.54) is 23.9 Å². The summed E-state index contributed by atoms with van der Waals surface area (Å²) in [7, 11) is 2.02. The summed E-state index contributed by atoms with van der Waals surface area (Å²) >= 11 is 6.24. The smallest absolute Gasteiger partial charge is 0.0661 e. The standard InChI is InChI=1S/C14H17ClN2/c1-17-9-12(15)11-8-10(4-5-13(11)17)14(16)6-2-3-7-14/h4-5,8-9H,2-3,6-7,16H2,1H3. The highest BCUT2D eigenvalue weighted by atomic mass is 35.5. The lowest BCUT2D eigenvalue weighted by molar-refractivity contribution is 0.462. The van der Waals surface area contributed by atoms with E-state index in [0.717, 1.165) is 23.3 Å². The minimum atomic E-state index is -0.132. The first-order valence-corrected chi connectivity index (χ1v) is 6.52. The Morgan fingerprint density at radius 2 is 2.00 bits per heavy atom. The highest BCUT2D eigenvalue weighted by Gasteiger charge is 2.31.